The lowest BCUT2D eigenvalue weighted by Gasteiger charge is -2.11. The Labute approximate surface area is 178 Å². The van der Waals surface area contributed by atoms with Crippen molar-refractivity contribution < 1.29 is 29.0 Å². The number of nitrogens with zero attached hydrogens (tertiary/aromatic N) is 2. The first kappa shape index (κ1) is 22.0. The molecule has 0 aliphatic rings. The predicted octanol–water partition coefficient (Wildman–Crippen LogP) is 1.20. The van der Waals surface area contributed by atoms with E-state index in [4.69, 9.17) is 10.5 Å². The van der Waals surface area contributed by atoms with Gasteiger partial charge in [0.15, 0.2) is 6.61 Å². The molecule has 0 unspecified atom stereocenters. The van der Waals surface area contributed by atoms with E-state index in [1.54, 1.807) is 10.6 Å². The molecular formula is C22H23N3O6. The maximum Gasteiger partial charge on any atom is 0.343 e. The minimum absolute atomic E-state index is 0.0736. The lowest BCUT2D eigenvalue weighted by atomic mass is 9.99. The zero-order valence-electron chi connectivity index (χ0n) is 17.3. The zero-order valence-corrected chi connectivity index (χ0v) is 17.3. The fourth-order valence-corrected chi connectivity index (χ4v) is 3.49. The monoisotopic (exact) mass is 425 g/mol. The first-order valence-electron chi connectivity index (χ1n) is 9.65. The highest BCUT2D eigenvalue weighted by Gasteiger charge is 2.29. The van der Waals surface area contributed by atoms with Crippen LogP contribution in [0.3, 0.4) is 0 Å². The van der Waals surface area contributed by atoms with Crippen molar-refractivity contribution in [2.45, 2.75) is 26.4 Å². The molecule has 31 heavy (non-hydrogen) atoms. The number of fused-ring (bicyclic) bond motifs is 1. The largest absolute Gasteiger partial charge is 0.466 e. The summed E-state index contributed by atoms with van der Waals surface area (Å²) in [6.07, 6.45) is 2.46. The highest BCUT2D eigenvalue weighted by Crippen LogP contribution is 2.32. The van der Waals surface area contributed by atoms with Crippen molar-refractivity contribution in [2.24, 2.45) is 5.73 Å². The summed E-state index contributed by atoms with van der Waals surface area (Å²) in [6.45, 7) is 1.00. The number of hydrogen-bond donors (Lipinski definition) is 2. The number of carbonyl (C=O) groups is 3. The number of hydrogen-bond acceptors (Lipinski definition) is 7. The van der Waals surface area contributed by atoms with Gasteiger partial charge in [-0.05, 0) is 17.5 Å². The fourth-order valence-electron chi connectivity index (χ4n) is 3.49. The van der Waals surface area contributed by atoms with Crippen molar-refractivity contribution in [3.63, 3.8) is 0 Å². The number of primary amides is 1. The van der Waals surface area contributed by atoms with Crippen LogP contribution in [0.15, 0.2) is 36.5 Å². The number of carbonyl (C=O) groups excluding carboxylic acids is 3. The molecule has 3 rings (SSSR count). The third kappa shape index (κ3) is 4.41. The molecule has 0 radical (unpaired) electrons. The molecule has 9 nitrogen and oxygen atoms in total. The number of esters is 1. The van der Waals surface area contributed by atoms with Gasteiger partial charge < -0.3 is 24.7 Å². The number of benzene rings is 1. The molecule has 1 amide bonds. The molecule has 2 heterocycles. The summed E-state index contributed by atoms with van der Waals surface area (Å²) in [5, 5.41) is 9.69. The van der Waals surface area contributed by atoms with E-state index in [9.17, 15) is 19.5 Å². The normalized spacial score (nSPS) is 10.8. The quantitative estimate of drug-likeness (QED) is 0.299. The number of ketones is 1. The van der Waals surface area contributed by atoms with Gasteiger partial charge in [-0.15, -0.1) is 0 Å². The molecule has 3 aromatic rings. The summed E-state index contributed by atoms with van der Waals surface area (Å²) >= 11 is 0. The topological polar surface area (TPSA) is 133 Å². The smallest absolute Gasteiger partial charge is 0.343 e. The number of rotatable bonds is 9. The molecule has 9 heteroatoms. The number of ether oxygens (including phenoxy) is 2. The Morgan fingerprint density at radius 2 is 1.90 bits per heavy atom. The summed E-state index contributed by atoms with van der Waals surface area (Å²) < 4.78 is 11.8. The van der Waals surface area contributed by atoms with Crippen LogP contribution < -0.4 is 10.5 Å². The van der Waals surface area contributed by atoms with E-state index < -0.39 is 30.9 Å². The first-order valence-corrected chi connectivity index (χ1v) is 9.65. The van der Waals surface area contributed by atoms with Gasteiger partial charge in [0, 0.05) is 18.3 Å². The third-order valence-electron chi connectivity index (χ3n) is 4.88. The number of aromatic nitrogens is 2. The highest BCUT2D eigenvalue weighted by molar-refractivity contribution is 6.44. The highest BCUT2D eigenvalue weighted by atomic mass is 16.6. The summed E-state index contributed by atoms with van der Waals surface area (Å²) in [4.78, 5) is 40.4. The van der Waals surface area contributed by atoms with Crippen molar-refractivity contribution in [1.29, 1.82) is 0 Å². The van der Waals surface area contributed by atoms with Gasteiger partial charge in [-0.25, -0.2) is 9.78 Å². The molecule has 2 aromatic heterocycles. The maximum atomic E-state index is 12.8. The van der Waals surface area contributed by atoms with Crippen LogP contribution in [-0.4, -0.2) is 45.9 Å². The average Bonchev–Trinajstić information content (AvgIpc) is 3.10. The fraction of sp³-hybridized carbons (Fsp3) is 0.273. The molecule has 0 atom stereocenters. The van der Waals surface area contributed by atoms with Crippen LogP contribution in [-0.2, 0) is 33.8 Å². The van der Waals surface area contributed by atoms with Crippen LogP contribution in [0.4, 0.5) is 0 Å². The van der Waals surface area contributed by atoms with Crippen LogP contribution in [0.25, 0.3) is 5.52 Å². The average molecular weight is 425 g/mol. The molecule has 0 aliphatic carbocycles. The maximum absolute atomic E-state index is 12.8. The summed E-state index contributed by atoms with van der Waals surface area (Å²) in [5.74, 6) is -2.71. The van der Waals surface area contributed by atoms with Crippen molar-refractivity contribution in [3.8, 4) is 5.88 Å². The second kappa shape index (κ2) is 9.40. The van der Waals surface area contributed by atoms with E-state index in [2.05, 4.69) is 9.72 Å². The van der Waals surface area contributed by atoms with Crippen LogP contribution in [0.2, 0.25) is 0 Å². The Bertz CT molecular complexity index is 1140. The molecule has 3 N–H and O–H groups in total. The SMILES string of the molecule is CCc1c(C(=O)C(N)=O)c2c(OCC(=O)OC)nc(CO)cn2c1Cc1ccccc1. The minimum atomic E-state index is -1.11. The molecule has 162 valence electrons. The molecule has 0 saturated carbocycles. The number of Topliss-reactive ketones (excluding diaryl/α,β-unsaturated/α-hetero) is 1. The van der Waals surface area contributed by atoms with Crippen molar-refractivity contribution in [2.75, 3.05) is 13.7 Å². The Morgan fingerprint density at radius 3 is 2.48 bits per heavy atom. The van der Waals surface area contributed by atoms with Crippen LogP contribution in [0.5, 0.6) is 5.88 Å². The van der Waals surface area contributed by atoms with E-state index in [-0.39, 0.29) is 22.7 Å². The van der Waals surface area contributed by atoms with Gasteiger partial charge in [-0.1, -0.05) is 37.3 Å². The molecule has 0 fully saturated rings. The Kier molecular flexibility index (Phi) is 6.66. The van der Waals surface area contributed by atoms with E-state index in [1.807, 2.05) is 37.3 Å². The number of nitrogens with two attached hydrogens (primary N) is 1. The van der Waals surface area contributed by atoms with E-state index in [1.165, 1.54) is 7.11 Å². The van der Waals surface area contributed by atoms with Gasteiger partial charge in [0.2, 0.25) is 5.88 Å². The Balaban J connectivity index is 2.32. The summed E-state index contributed by atoms with van der Waals surface area (Å²) in [7, 11) is 1.21. The van der Waals surface area contributed by atoms with Crippen LogP contribution in [0.1, 0.15) is 39.8 Å². The van der Waals surface area contributed by atoms with Crippen LogP contribution in [0, 0.1) is 0 Å². The molecule has 0 saturated heterocycles. The van der Waals surface area contributed by atoms with E-state index in [0.29, 0.717) is 18.4 Å². The number of methoxy groups -OCH3 is 1. The van der Waals surface area contributed by atoms with Gasteiger partial charge in [0.05, 0.1) is 25.0 Å². The van der Waals surface area contributed by atoms with Crippen LogP contribution >= 0.6 is 0 Å². The van der Waals surface area contributed by atoms with Gasteiger partial charge in [0.1, 0.15) is 5.52 Å². The van der Waals surface area contributed by atoms with E-state index in [0.717, 1.165) is 11.3 Å². The first-order chi connectivity index (χ1) is 14.9. The molecule has 1 aromatic carbocycles. The molecule has 0 aliphatic heterocycles. The van der Waals surface area contributed by atoms with Gasteiger partial charge in [-0.2, -0.15) is 0 Å². The van der Waals surface area contributed by atoms with Gasteiger partial charge >= 0.3 is 5.97 Å². The van der Waals surface area contributed by atoms with E-state index >= 15 is 0 Å². The van der Waals surface area contributed by atoms with Crippen molar-refractivity contribution in [3.05, 3.63) is 64.6 Å². The predicted molar refractivity (Wildman–Crippen MR) is 111 cm³/mol. The van der Waals surface area contributed by atoms with Crippen molar-refractivity contribution >= 4 is 23.2 Å². The minimum Gasteiger partial charge on any atom is -0.466 e. The summed E-state index contributed by atoms with van der Waals surface area (Å²) in [6, 6.07) is 9.58. The zero-order chi connectivity index (χ0) is 22.5. The third-order valence-corrected chi connectivity index (χ3v) is 4.88. The molecule has 0 bridgehead atoms. The van der Waals surface area contributed by atoms with Gasteiger partial charge in [-0.3, -0.25) is 9.59 Å². The number of aliphatic hydroxyl groups is 1. The molecule has 0 spiro atoms. The number of amides is 1. The van der Waals surface area contributed by atoms with Crippen molar-refractivity contribution in [1.82, 2.24) is 9.38 Å². The molecular weight excluding hydrogens is 402 g/mol. The summed E-state index contributed by atoms with van der Waals surface area (Å²) in [5.41, 5.74) is 8.21. The lowest BCUT2D eigenvalue weighted by molar-refractivity contribution is -0.143. The Morgan fingerprint density at radius 1 is 1.19 bits per heavy atom. The Hall–Kier alpha value is -3.72. The number of aliphatic hydroxyl groups excluding tert-OH is 1. The van der Waals surface area contributed by atoms with Gasteiger partial charge in [0.25, 0.3) is 11.7 Å². The standard InChI is InChI=1S/C22H23N3O6/c1-3-15-16(9-13-7-5-4-6-8-13)25-10-14(11-26)24-22(31-12-17(27)30-2)19(25)18(15)20(28)21(23)29/h4-8,10,26H,3,9,11-12H2,1-2H3,(H2,23,29). The second-order valence-electron chi connectivity index (χ2n) is 6.79. The lowest BCUT2D eigenvalue weighted by Crippen LogP contribution is -2.24. The second-order valence-corrected chi connectivity index (χ2v) is 6.79.